The molecule has 1 saturated heterocycles. The van der Waals surface area contributed by atoms with Crippen molar-refractivity contribution < 1.29 is 22.4 Å². The maximum Gasteiger partial charge on any atom is 0.433 e. The summed E-state index contributed by atoms with van der Waals surface area (Å²) >= 11 is 0. The Morgan fingerprint density at radius 2 is 1.76 bits per heavy atom. The Morgan fingerprint density at radius 1 is 0.927 bits per heavy atom. The Balaban J connectivity index is 1.07. The first-order chi connectivity index (χ1) is 19.8. The average Bonchev–Trinajstić information content (AvgIpc) is 3.67. The number of rotatable bonds is 8. The fourth-order valence-corrected chi connectivity index (χ4v) is 5.84. The van der Waals surface area contributed by atoms with E-state index in [1.165, 1.54) is 12.3 Å². The second kappa shape index (κ2) is 11.7. The zero-order valence-corrected chi connectivity index (χ0v) is 22.8. The molecule has 2 aromatic heterocycles. The summed E-state index contributed by atoms with van der Waals surface area (Å²) in [5, 5.41) is 10.3. The molecule has 3 heterocycles. The number of amides is 1. The SMILES string of the molecule is O=C(NC1CC1)c1cccc(-c2cnc(N[C@@H]3CCCCC3N[C@H]3CCCN(c4ccc(C(F)(F)F)nc4)C3)o2)c1. The normalized spacial score (nSPS) is 23.3. The molecule has 3 aromatic rings. The van der Waals surface area contributed by atoms with E-state index in [0.29, 0.717) is 35.6 Å². The Bertz CT molecular complexity index is 1340. The van der Waals surface area contributed by atoms with Gasteiger partial charge in [-0.25, -0.2) is 9.97 Å². The van der Waals surface area contributed by atoms with Crippen molar-refractivity contribution in [2.24, 2.45) is 0 Å². The minimum atomic E-state index is -4.44. The van der Waals surface area contributed by atoms with Crippen LogP contribution in [0, 0.1) is 0 Å². The Kier molecular flexibility index (Phi) is 7.88. The first-order valence-electron chi connectivity index (χ1n) is 14.5. The van der Waals surface area contributed by atoms with Crippen molar-refractivity contribution in [2.75, 3.05) is 23.3 Å². The predicted octanol–water partition coefficient (Wildman–Crippen LogP) is 5.63. The third-order valence-electron chi connectivity index (χ3n) is 8.18. The maximum absolute atomic E-state index is 12.9. The highest BCUT2D eigenvalue weighted by atomic mass is 19.4. The van der Waals surface area contributed by atoms with E-state index in [-0.39, 0.29) is 24.0 Å². The first kappa shape index (κ1) is 27.6. The van der Waals surface area contributed by atoms with Crippen LogP contribution in [0.1, 0.15) is 67.4 Å². The topological polar surface area (TPSA) is 95.3 Å². The largest absolute Gasteiger partial charge is 0.433 e. The van der Waals surface area contributed by atoms with Crippen molar-refractivity contribution in [3.05, 3.63) is 60.0 Å². The van der Waals surface area contributed by atoms with Crippen molar-refractivity contribution in [2.45, 2.75) is 81.7 Å². The highest BCUT2D eigenvalue weighted by Crippen LogP contribution is 2.30. The van der Waals surface area contributed by atoms with Gasteiger partial charge in [0, 0.05) is 48.4 Å². The van der Waals surface area contributed by atoms with Gasteiger partial charge >= 0.3 is 6.18 Å². The molecule has 1 aliphatic heterocycles. The van der Waals surface area contributed by atoms with Gasteiger partial charge in [0.05, 0.1) is 18.1 Å². The summed E-state index contributed by atoms with van der Waals surface area (Å²) in [6.07, 6.45) is 6.82. The Morgan fingerprint density at radius 3 is 2.51 bits per heavy atom. The van der Waals surface area contributed by atoms with Crippen LogP contribution < -0.4 is 20.9 Å². The molecule has 1 unspecified atom stereocenters. The van der Waals surface area contributed by atoms with Crippen LogP contribution in [0.2, 0.25) is 0 Å². The summed E-state index contributed by atoms with van der Waals surface area (Å²) in [5.41, 5.74) is 1.24. The van der Waals surface area contributed by atoms with Crippen LogP contribution in [0.15, 0.2) is 53.2 Å². The average molecular weight is 569 g/mol. The van der Waals surface area contributed by atoms with Gasteiger partial charge < -0.3 is 25.3 Å². The lowest BCUT2D eigenvalue weighted by Gasteiger charge is -2.40. The summed E-state index contributed by atoms with van der Waals surface area (Å²) < 4.78 is 44.9. The Labute approximate surface area is 237 Å². The van der Waals surface area contributed by atoms with Gasteiger partial charge in [0.15, 0.2) is 5.76 Å². The molecule has 0 spiro atoms. The third-order valence-corrected chi connectivity index (χ3v) is 8.18. The van der Waals surface area contributed by atoms with Gasteiger partial charge in [0.2, 0.25) is 0 Å². The molecule has 3 fully saturated rings. The summed E-state index contributed by atoms with van der Waals surface area (Å²) in [7, 11) is 0. The number of anilines is 2. The minimum absolute atomic E-state index is 0.0702. The number of alkyl halides is 3. The monoisotopic (exact) mass is 568 g/mol. The molecular formula is C30H35F3N6O2. The maximum atomic E-state index is 12.9. The van der Waals surface area contributed by atoms with Gasteiger partial charge in [-0.15, -0.1) is 0 Å². The Hall–Kier alpha value is -3.60. The number of halogens is 3. The summed E-state index contributed by atoms with van der Waals surface area (Å²) in [5.74, 6) is 0.529. The molecule has 218 valence electrons. The van der Waals surface area contributed by atoms with Crippen LogP contribution in [-0.2, 0) is 6.18 Å². The van der Waals surface area contributed by atoms with Gasteiger partial charge in [0.1, 0.15) is 5.69 Å². The molecule has 1 aromatic carbocycles. The number of hydrogen-bond acceptors (Lipinski definition) is 7. The van der Waals surface area contributed by atoms with Crippen LogP contribution in [0.5, 0.6) is 0 Å². The number of nitrogens with one attached hydrogen (secondary N) is 3. The van der Waals surface area contributed by atoms with Crippen molar-refractivity contribution in [3.8, 4) is 11.3 Å². The second-order valence-corrected chi connectivity index (χ2v) is 11.4. The highest BCUT2D eigenvalue weighted by Gasteiger charge is 2.33. The molecule has 0 radical (unpaired) electrons. The van der Waals surface area contributed by atoms with E-state index >= 15 is 0 Å². The van der Waals surface area contributed by atoms with Gasteiger partial charge in [0.25, 0.3) is 11.9 Å². The second-order valence-electron chi connectivity index (χ2n) is 11.4. The number of carbonyl (C=O) groups excluding carboxylic acids is 1. The number of oxazole rings is 1. The van der Waals surface area contributed by atoms with E-state index in [0.717, 1.165) is 69.5 Å². The number of hydrogen-bond donors (Lipinski definition) is 3. The third kappa shape index (κ3) is 6.83. The summed E-state index contributed by atoms with van der Waals surface area (Å²) in [4.78, 5) is 22.7. The first-order valence-corrected chi connectivity index (χ1v) is 14.5. The van der Waals surface area contributed by atoms with Gasteiger partial charge in [-0.2, -0.15) is 13.2 Å². The van der Waals surface area contributed by atoms with Crippen LogP contribution in [0.3, 0.4) is 0 Å². The lowest BCUT2D eigenvalue weighted by atomic mass is 9.89. The van der Waals surface area contributed by atoms with E-state index in [4.69, 9.17) is 4.42 Å². The van der Waals surface area contributed by atoms with E-state index in [9.17, 15) is 18.0 Å². The fraction of sp³-hybridized carbons (Fsp3) is 0.500. The molecule has 3 N–H and O–H groups in total. The van der Waals surface area contributed by atoms with Crippen LogP contribution in [0.4, 0.5) is 24.9 Å². The number of benzene rings is 1. The lowest BCUT2D eigenvalue weighted by molar-refractivity contribution is -0.141. The zero-order chi connectivity index (χ0) is 28.4. The quantitative estimate of drug-likeness (QED) is 0.324. The highest BCUT2D eigenvalue weighted by molar-refractivity contribution is 5.95. The molecule has 0 bridgehead atoms. The summed E-state index contributed by atoms with van der Waals surface area (Å²) in [6, 6.07) is 11.3. The van der Waals surface area contributed by atoms with E-state index in [2.05, 4.69) is 30.8 Å². The molecule has 1 amide bonds. The van der Waals surface area contributed by atoms with Crippen LogP contribution in [0.25, 0.3) is 11.3 Å². The van der Waals surface area contributed by atoms with Gasteiger partial charge in [-0.3, -0.25) is 4.79 Å². The summed E-state index contributed by atoms with van der Waals surface area (Å²) in [6.45, 7) is 1.50. The van der Waals surface area contributed by atoms with Gasteiger partial charge in [-0.05, 0) is 62.8 Å². The van der Waals surface area contributed by atoms with Gasteiger partial charge in [-0.1, -0.05) is 25.0 Å². The molecular weight excluding hydrogens is 533 g/mol. The number of piperidine rings is 1. The predicted molar refractivity (Wildman–Crippen MR) is 150 cm³/mol. The lowest BCUT2D eigenvalue weighted by Crippen LogP contribution is -2.54. The molecule has 3 aliphatic rings. The number of carbonyl (C=O) groups is 1. The van der Waals surface area contributed by atoms with Crippen LogP contribution >= 0.6 is 0 Å². The fourth-order valence-electron chi connectivity index (χ4n) is 5.84. The number of aromatic nitrogens is 2. The minimum Gasteiger partial charge on any atom is -0.424 e. The van der Waals surface area contributed by atoms with Crippen molar-refractivity contribution in [3.63, 3.8) is 0 Å². The van der Waals surface area contributed by atoms with E-state index in [1.54, 1.807) is 12.3 Å². The van der Waals surface area contributed by atoms with Crippen molar-refractivity contribution in [1.82, 2.24) is 20.6 Å². The molecule has 2 saturated carbocycles. The van der Waals surface area contributed by atoms with Crippen molar-refractivity contribution >= 4 is 17.6 Å². The molecule has 2 aliphatic carbocycles. The van der Waals surface area contributed by atoms with E-state index < -0.39 is 11.9 Å². The number of nitrogens with zero attached hydrogens (tertiary/aromatic N) is 3. The molecule has 8 nitrogen and oxygen atoms in total. The number of pyridine rings is 1. The molecule has 3 atom stereocenters. The van der Waals surface area contributed by atoms with E-state index in [1.807, 2.05) is 18.2 Å². The molecule has 11 heteroatoms. The van der Waals surface area contributed by atoms with Crippen molar-refractivity contribution in [1.29, 1.82) is 0 Å². The molecule has 41 heavy (non-hydrogen) atoms. The van der Waals surface area contributed by atoms with Crippen LogP contribution in [-0.4, -0.2) is 53.1 Å². The smallest absolute Gasteiger partial charge is 0.424 e. The zero-order valence-electron chi connectivity index (χ0n) is 22.8. The molecule has 6 rings (SSSR count). The standard InChI is InChI=1S/C30H35F3N6O2/c31-30(32,33)27-13-12-23(16-34-27)39-14-4-7-22(18-39)36-24-8-1-2-9-25(24)38-29-35-17-26(41-29)19-5-3-6-20(15-19)28(40)37-21-10-11-21/h3,5-6,12-13,15-17,21-22,24-25,36H,1-2,4,7-11,14,18H2,(H,35,38)(H,37,40)/t22-,24?,25+/m0/s1.